The maximum absolute atomic E-state index is 9.69. The van der Waals surface area contributed by atoms with E-state index in [2.05, 4.69) is 20.8 Å². The van der Waals surface area contributed by atoms with E-state index in [1.54, 1.807) is 6.92 Å². The fourth-order valence-corrected chi connectivity index (χ4v) is 1.44. The number of benzene rings is 1. The predicted octanol–water partition coefficient (Wildman–Crippen LogP) is 2.99. The molecule has 0 unspecified atom stereocenters. The normalized spacial score (nSPS) is 11.7. The highest BCUT2D eigenvalue weighted by Gasteiger charge is 2.16. The number of aromatic hydroxyl groups is 2. The van der Waals surface area contributed by atoms with E-state index >= 15 is 0 Å². The van der Waals surface area contributed by atoms with E-state index in [0.717, 1.165) is 12.0 Å². The molecule has 0 aliphatic carbocycles. The van der Waals surface area contributed by atoms with Crippen molar-refractivity contribution in [1.29, 1.82) is 0 Å². The molecule has 2 heteroatoms. The highest BCUT2D eigenvalue weighted by atomic mass is 16.3. The molecule has 1 rings (SSSR count). The topological polar surface area (TPSA) is 40.5 Å². The first-order valence-corrected chi connectivity index (χ1v) is 4.82. The Morgan fingerprint density at radius 3 is 2.14 bits per heavy atom. The molecule has 2 N–H and O–H groups in total. The Bertz CT molecular complexity index is 335. The molecular formula is C12H18O2. The molecule has 0 atom stereocenters. The van der Waals surface area contributed by atoms with Crippen LogP contribution in [0.15, 0.2) is 12.1 Å². The van der Waals surface area contributed by atoms with Crippen molar-refractivity contribution in [2.24, 2.45) is 5.41 Å². The average molecular weight is 194 g/mol. The number of aryl methyl sites for hydroxylation is 1. The Morgan fingerprint density at radius 1 is 1.07 bits per heavy atom. The highest BCUT2D eigenvalue weighted by molar-refractivity contribution is 5.49. The first-order chi connectivity index (χ1) is 6.31. The van der Waals surface area contributed by atoms with Gasteiger partial charge in [0.05, 0.1) is 0 Å². The summed E-state index contributed by atoms with van der Waals surface area (Å²) in [6.45, 7) is 8.08. The van der Waals surface area contributed by atoms with Gasteiger partial charge in [0.1, 0.15) is 0 Å². The first kappa shape index (κ1) is 10.9. The minimum absolute atomic E-state index is 0.00625. The molecule has 0 radical (unpaired) electrons. The lowest BCUT2D eigenvalue weighted by atomic mass is 9.87. The number of phenols is 2. The molecule has 14 heavy (non-hydrogen) atoms. The van der Waals surface area contributed by atoms with Crippen LogP contribution in [0.2, 0.25) is 0 Å². The molecule has 0 fully saturated rings. The summed E-state index contributed by atoms with van der Waals surface area (Å²) in [4.78, 5) is 0. The van der Waals surface area contributed by atoms with Crippen molar-refractivity contribution in [3.05, 3.63) is 23.3 Å². The van der Waals surface area contributed by atoms with E-state index in [0.29, 0.717) is 5.56 Å². The Morgan fingerprint density at radius 2 is 1.64 bits per heavy atom. The van der Waals surface area contributed by atoms with Crippen LogP contribution in [0.4, 0.5) is 0 Å². The maximum atomic E-state index is 9.69. The smallest absolute Gasteiger partial charge is 0.160 e. The molecule has 2 nitrogen and oxygen atoms in total. The van der Waals surface area contributed by atoms with Crippen LogP contribution in [-0.2, 0) is 6.42 Å². The second kappa shape index (κ2) is 3.52. The van der Waals surface area contributed by atoms with E-state index in [-0.39, 0.29) is 16.9 Å². The van der Waals surface area contributed by atoms with Crippen LogP contribution in [0, 0.1) is 12.3 Å². The second-order valence-electron chi connectivity index (χ2n) is 4.98. The van der Waals surface area contributed by atoms with E-state index in [1.807, 2.05) is 12.1 Å². The van der Waals surface area contributed by atoms with Gasteiger partial charge in [0.15, 0.2) is 11.5 Å². The van der Waals surface area contributed by atoms with Gasteiger partial charge in [0.2, 0.25) is 0 Å². The van der Waals surface area contributed by atoms with E-state index < -0.39 is 0 Å². The van der Waals surface area contributed by atoms with Crippen molar-refractivity contribution < 1.29 is 10.2 Å². The number of hydrogen-bond donors (Lipinski definition) is 2. The Hall–Kier alpha value is -1.18. The molecule has 78 valence electrons. The van der Waals surface area contributed by atoms with Crippen molar-refractivity contribution in [2.45, 2.75) is 34.1 Å². The molecule has 0 saturated carbocycles. The fraction of sp³-hybridized carbons (Fsp3) is 0.500. The molecule has 0 heterocycles. The zero-order chi connectivity index (χ0) is 10.9. The first-order valence-electron chi connectivity index (χ1n) is 4.82. The van der Waals surface area contributed by atoms with Gasteiger partial charge in [-0.3, -0.25) is 0 Å². The van der Waals surface area contributed by atoms with Crippen LogP contribution in [0.5, 0.6) is 11.5 Å². The summed E-state index contributed by atoms with van der Waals surface area (Å²) in [5.74, 6) is 0.0340. The molecule has 0 aromatic heterocycles. The van der Waals surface area contributed by atoms with Crippen molar-refractivity contribution in [3.8, 4) is 11.5 Å². The third-order valence-electron chi connectivity index (χ3n) is 2.16. The van der Waals surface area contributed by atoms with E-state index in [9.17, 15) is 10.2 Å². The quantitative estimate of drug-likeness (QED) is 0.675. The van der Waals surface area contributed by atoms with Crippen LogP contribution in [0.3, 0.4) is 0 Å². The van der Waals surface area contributed by atoms with Crippen LogP contribution in [-0.4, -0.2) is 10.2 Å². The third kappa shape index (κ3) is 2.41. The second-order valence-corrected chi connectivity index (χ2v) is 4.98. The van der Waals surface area contributed by atoms with Crippen LogP contribution >= 0.6 is 0 Å². The molecule has 0 aliphatic heterocycles. The van der Waals surface area contributed by atoms with Gasteiger partial charge in [-0.05, 0) is 29.9 Å². The van der Waals surface area contributed by atoms with Gasteiger partial charge >= 0.3 is 0 Å². The van der Waals surface area contributed by atoms with E-state index in [4.69, 9.17) is 0 Å². The summed E-state index contributed by atoms with van der Waals surface area (Å²) in [5.41, 5.74) is 1.62. The molecule has 0 bridgehead atoms. The fourth-order valence-electron chi connectivity index (χ4n) is 1.44. The van der Waals surface area contributed by atoms with Crippen LogP contribution in [0.1, 0.15) is 31.9 Å². The van der Waals surface area contributed by atoms with Gasteiger partial charge < -0.3 is 10.2 Å². The lowest BCUT2D eigenvalue weighted by Crippen LogP contribution is -2.09. The van der Waals surface area contributed by atoms with Gasteiger partial charge in [-0.15, -0.1) is 0 Å². The van der Waals surface area contributed by atoms with E-state index in [1.165, 1.54) is 0 Å². The molecule has 0 spiro atoms. The third-order valence-corrected chi connectivity index (χ3v) is 2.16. The predicted molar refractivity (Wildman–Crippen MR) is 57.7 cm³/mol. The summed E-state index contributed by atoms with van der Waals surface area (Å²) in [7, 11) is 0. The Labute approximate surface area is 85.2 Å². The van der Waals surface area contributed by atoms with Gasteiger partial charge in [-0.25, -0.2) is 0 Å². The molecule has 0 aliphatic rings. The molecular weight excluding hydrogens is 176 g/mol. The number of rotatable bonds is 1. The zero-order valence-corrected chi connectivity index (χ0v) is 9.26. The number of phenolic OH excluding ortho intramolecular Hbond substituents is 2. The average Bonchev–Trinajstić information content (AvgIpc) is 2.04. The van der Waals surface area contributed by atoms with Gasteiger partial charge in [0.25, 0.3) is 0 Å². The highest BCUT2D eigenvalue weighted by Crippen LogP contribution is 2.35. The minimum atomic E-state index is 0.00625. The summed E-state index contributed by atoms with van der Waals surface area (Å²) < 4.78 is 0. The summed E-state index contributed by atoms with van der Waals surface area (Å²) >= 11 is 0. The Kier molecular flexibility index (Phi) is 2.74. The lowest BCUT2D eigenvalue weighted by Gasteiger charge is -2.19. The van der Waals surface area contributed by atoms with Crippen LogP contribution in [0.25, 0.3) is 0 Å². The zero-order valence-electron chi connectivity index (χ0n) is 9.26. The summed E-state index contributed by atoms with van der Waals surface area (Å²) in [5, 5.41) is 19.2. The lowest BCUT2D eigenvalue weighted by molar-refractivity contribution is 0.373. The summed E-state index contributed by atoms with van der Waals surface area (Å²) in [6, 6.07) is 3.70. The largest absolute Gasteiger partial charge is 0.504 e. The van der Waals surface area contributed by atoms with Crippen molar-refractivity contribution >= 4 is 0 Å². The Balaban J connectivity index is 3.06. The molecule has 0 amide bonds. The van der Waals surface area contributed by atoms with Crippen molar-refractivity contribution in [2.75, 3.05) is 0 Å². The molecule has 1 aromatic rings. The van der Waals surface area contributed by atoms with Gasteiger partial charge in [-0.2, -0.15) is 0 Å². The van der Waals surface area contributed by atoms with Crippen molar-refractivity contribution in [3.63, 3.8) is 0 Å². The van der Waals surface area contributed by atoms with Gasteiger partial charge in [-0.1, -0.05) is 32.9 Å². The standard InChI is InChI=1S/C12H18O2/c1-8-5-6-9(7-12(2,3)4)11(14)10(8)13/h5-6,13-14H,7H2,1-4H3. The maximum Gasteiger partial charge on any atom is 0.160 e. The minimum Gasteiger partial charge on any atom is -0.504 e. The molecule has 1 aromatic carbocycles. The van der Waals surface area contributed by atoms with Crippen molar-refractivity contribution in [1.82, 2.24) is 0 Å². The summed E-state index contributed by atoms with van der Waals surface area (Å²) in [6.07, 6.45) is 0.757. The van der Waals surface area contributed by atoms with Crippen LogP contribution < -0.4 is 0 Å². The SMILES string of the molecule is Cc1ccc(CC(C)(C)C)c(O)c1O. The monoisotopic (exact) mass is 194 g/mol. The van der Waals surface area contributed by atoms with Gasteiger partial charge in [0, 0.05) is 0 Å². The number of hydrogen-bond acceptors (Lipinski definition) is 2. The molecule has 0 saturated heterocycles.